The third-order valence-corrected chi connectivity index (χ3v) is 4.49. The zero-order valence-corrected chi connectivity index (χ0v) is 15.2. The summed E-state index contributed by atoms with van der Waals surface area (Å²) in [5.74, 6) is 0.858. The van der Waals surface area contributed by atoms with Crippen LogP contribution >= 0.6 is 38.5 Å². The minimum Gasteiger partial charge on any atom is -0.494 e. The average Bonchev–Trinajstić information content (AvgIpc) is 2.43. The van der Waals surface area contributed by atoms with Gasteiger partial charge in [-0.25, -0.2) is 0 Å². The van der Waals surface area contributed by atoms with E-state index in [1.807, 2.05) is 25.1 Å². The van der Waals surface area contributed by atoms with E-state index >= 15 is 0 Å². The third kappa shape index (κ3) is 3.54. The number of rotatable bonds is 4. The summed E-state index contributed by atoms with van der Waals surface area (Å²) in [6, 6.07) is 12.1. The Morgan fingerprint density at radius 3 is 2.65 bits per heavy atom. The van der Waals surface area contributed by atoms with Crippen molar-refractivity contribution in [1.82, 2.24) is 0 Å². The molecule has 0 aliphatic rings. The number of benzene rings is 2. The Kier molecular flexibility index (Phi) is 5.46. The van der Waals surface area contributed by atoms with E-state index in [4.69, 9.17) is 10.5 Å². The van der Waals surface area contributed by atoms with Crippen molar-refractivity contribution in [2.75, 3.05) is 6.61 Å². The van der Waals surface area contributed by atoms with E-state index in [0.29, 0.717) is 6.61 Å². The van der Waals surface area contributed by atoms with Crippen LogP contribution in [0.2, 0.25) is 0 Å². The van der Waals surface area contributed by atoms with Crippen LogP contribution in [0.1, 0.15) is 29.7 Å². The van der Waals surface area contributed by atoms with E-state index in [9.17, 15) is 0 Å². The molecule has 2 aromatic rings. The number of hydrogen-bond donors (Lipinski definition) is 1. The molecule has 0 heterocycles. The molecule has 2 aromatic carbocycles. The molecule has 0 aliphatic heterocycles. The van der Waals surface area contributed by atoms with E-state index in [1.54, 1.807) is 0 Å². The molecule has 0 fully saturated rings. The lowest BCUT2D eigenvalue weighted by atomic mass is 9.97. The lowest BCUT2D eigenvalue weighted by Gasteiger charge is -2.19. The first-order chi connectivity index (χ1) is 9.52. The van der Waals surface area contributed by atoms with E-state index in [1.165, 1.54) is 9.13 Å². The van der Waals surface area contributed by atoms with Crippen molar-refractivity contribution in [2.24, 2.45) is 5.73 Å². The summed E-state index contributed by atoms with van der Waals surface area (Å²) in [5, 5.41) is 0. The van der Waals surface area contributed by atoms with E-state index in [-0.39, 0.29) is 6.04 Å². The molecule has 0 saturated carbocycles. The van der Waals surface area contributed by atoms with Crippen molar-refractivity contribution in [3.63, 3.8) is 0 Å². The Morgan fingerprint density at radius 1 is 1.20 bits per heavy atom. The first kappa shape index (κ1) is 15.8. The molecule has 0 spiro atoms. The van der Waals surface area contributed by atoms with Crippen LogP contribution in [0.3, 0.4) is 0 Å². The largest absolute Gasteiger partial charge is 0.494 e. The molecular weight excluding hydrogens is 429 g/mol. The van der Waals surface area contributed by atoms with Gasteiger partial charge < -0.3 is 10.5 Å². The summed E-state index contributed by atoms with van der Waals surface area (Å²) in [6.45, 7) is 4.68. The summed E-state index contributed by atoms with van der Waals surface area (Å²) in [5.41, 5.74) is 9.75. The van der Waals surface area contributed by atoms with Gasteiger partial charge in [0.15, 0.2) is 0 Å². The van der Waals surface area contributed by atoms with Crippen LogP contribution in [0.4, 0.5) is 0 Å². The highest BCUT2D eigenvalue weighted by atomic mass is 127. The lowest BCUT2D eigenvalue weighted by Crippen LogP contribution is -2.14. The summed E-state index contributed by atoms with van der Waals surface area (Å²) < 4.78 is 7.90. The van der Waals surface area contributed by atoms with E-state index < -0.39 is 0 Å². The van der Waals surface area contributed by atoms with Crippen molar-refractivity contribution in [1.29, 1.82) is 0 Å². The molecule has 0 bridgehead atoms. The minimum atomic E-state index is -0.208. The van der Waals surface area contributed by atoms with Gasteiger partial charge in [-0.1, -0.05) is 33.6 Å². The van der Waals surface area contributed by atoms with Crippen molar-refractivity contribution in [3.05, 3.63) is 61.1 Å². The second-order valence-corrected chi connectivity index (χ2v) is 6.72. The standard InChI is InChI=1S/C16H17BrINO/c1-3-20-15-7-4-10(2)8-13(15)16(19)12-9-11(18)5-6-14(12)17/h4-9,16H,3,19H2,1-2H3. The molecule has 1 atom stereocenters. The van der Waals surface area contributed by atoms with Crippen LogP contribution in [0.15, 0.2) is 40.9 Å². The molecule has 106 valence electrons. The number of hydrogen-bond acceptors (Lipinski definition) is 2. The van der Waals surface area contributed by atoms with Crippen LogP contribution in [0.25, 0.3) is 0 Å². The Balaban J connectivity index is 2.49. The van der Waals surface area contributed by atoms with Crippen LogP contribution in [-0.2, 0) is 0 Å². The zero-order chi connectivity index (χ0) is 14.7. The highest BCUT2D eigenvalue weighted by Crippen LogP contribution is 2.33. The molecule has 0 radical (unpaired) electrons. The van der Waals surface area contributed by atoms with Crippen molar-refractivity contribution >= 4 is 38.5 Å². The highest BCUT2D eigenvalue weighted by Gasteiger charge is 2.17. The Morgan fingerprint density at radius 2 is 1.95 bits per heavy atom. The predicted molar refractivity (Wildman–Crippen MR) is 95.2 cm³/mol. The van der Waals surface area contributed by atoms with E-state index in [0.717, 1.165) is 21.3 Å². The Hall–Kier alpha value is -0.590. The highest BCUT2D eigenvalue weighted by molar-refractivity contribution is 14.1. The van der Waals surface area contributed by atoms with Gasteiger partial charge in [0.25, 0.3) is 0 Å². The average molecular weight is 446 g/mol. The van der Waals surface area contributed by atoms with Gasteiger partial charge in [0.2, 0.25) is 0 Å². The van der Waals surface area contributed by atoms with Gasteiger partial charge in [-0.3, -0.25) is 0 Å². The van der Waals surface area contributed by atoms with Crippen LogP contribution < -0.4 is 10.5 Å². The van der Waals surface area contributed by atoms with Crippen molar-refractivity contribution in [3.8, 4) is 5.75 Å². The quantitative estimate of drug-likeness (QED) is 0.685. The fourth-order valence-corrected chi connectivity index (χ4v) is 3.13. The molecule has 1 unspecified atom stereocenters. The summed E-state index contributed by atoms with van der Waals surface area (Å²) in [6.07, 6.45) is 0. The molecule has 0 amide bonds. The number of nitrogens with two attached hydrogens (primary N) is 1. The van der Waals surface area contributed by atoms with Gasteiger partial charge in [-0.05, 0) is 66.3 Å². The molecule has 4 heteroatoms. The Labute approximate surface area is 142 Å². The van der Waals surface area contributed by atoms with Crippen LogP contribution in [-0.4, -0.2) is 6.61 Å². The first-order valence-electron chi connectivity index (χ1n) is 6.46. The molecule has 2 N–H and O–H groups in total. The van der Waals surface area contributed by atoms with Crippen molar-refractivity contribution < 1.29 is 4.74 Å². The first-order valence-corrected chi connectivity index (χ1v) is 8.34. The molecule has 2 rings (SSSR count). The molecule has 0 aliphatic carbocycles. The SMILES string of the molecule is CCOc1ccc(C)cc1C(N)c1cc(I)ccc1Br. The lowest BCUT2D eigenvalue weighted by molar-refractivity contribution is 0.335. The maximum atomic E-state index is 6.47. The van der Waals surface area contributed by atoms with Crippen LogP contribution in [0.5, 0.6) is 5.75 Å². The van der Waals surface area contributed by atoms with Gasteiger partial charge in [-0.2, -0.15) is 0 Å². The van der Waals surface area contributed by atoms with Crippen molar-refractivity contribution in [2.45, 2.75) is 19.9 Å². The number of ether oxygens (including phenoxy) is 1. The number of aryl methyl sites for hydroxylation is 1. The van der Waals surface area contributed by atoms with Gasteiger partial charge >= 0.3 is 0 Å². The van der Waals surface area contributed by atoms with Gasteiger partial charge in [0.05, 0.1) is 12.6 Å². The second kappa shape index (κ2) is 6.91. The van der Waals surface area contributed by atoms with Gasteiger partial charge in [0.1, 0.15) is 5.75 Å². The van der Waals surface area contributed by atoms with Gasteiger partial charge in [-0.15, -0.1) is 0 Å². The third-order valence-electron chi connectivity index (χ3n) is 3.09. The van der Waals surface area contributed by atoms with Crippen LogP contribution in [0, 0.1) is 10.5 Å². The molecule has 0 aromatic heterocycles. The molecular formula is C16H17BrINO. The maximum Gasteiger partial charge on any atom is 0.124 e. The Bertz CT molecular complexity index is 615. The normalized spacial score (nSPS) is 12.2. The molecule has 0 saturated heterocycles. The maximum absolute atomic E-state index is 6.47. The fourth-order valence-electron chi connectivity index (χ4n) is 2.12. The monoisotopic (exact) mass is 445 g/mol. The number of halogens is 2. The minimum absolute atomic E-state index is 0.208. The second-order valence-electron chi connectivity index (χ2n) is 4.62. The molecule has 2 nitrogen and oxygen atoms in total. The fraction of sp³-hybridized carbons (Fsp3) is 0.250. The smallest absolute Gasteiger partial charge is 0.124 e. The summed E-state index contributed by atoms with van der Waals surface area (Å²) in [7, 11) is 0. The van der Waals surface area contributed by atoms with Gasteiger partial charge in [0, 0.05) is 13.6 Å². The topological polar surface area (TPSA) is 35.2 Å². The zero-order valence-electron chi connectivity index (χ0n) is 11.5. The summed E-state index contributed by atoms with van der Waals surface area (Å²) in [4.78, 5) is 0. The summed E-state index contributed by atoms with van der Waals surface area (Å²) >= 11 is 5.89. The predicted octanol–water partition coefficient (Wildman–Crippen LogP) is 4.81. The van der Waals surface area contributed by atoms with E-state index in [2.05, 4.69) is 63.6 Å². The molecule has 20 heavy (non-hydrogen) atoms.